The Labute approximate surface area is 243 Å². The number of likely N-dealkylation sites (tertiary alicyclic amines) is 2. The first-order chi connectivity index (χ1) is 20.0. The molecule has 8 nitrogen and oxygen atoms in total. The van der Waals surface area contributed by atoms with Crippen molar-refractivity contribution < 1.29 is 23.8 Å². The predicted molar refractivity (Wildman–Crippen MR) is 158 cm³/mol. The molecule has 3 saturated heterocycles. The number of nitrogens with zero attached hydrogens (tertiary/aromatic N) is 4. The van der Waals surface area contributed by atoms with Gasteiger partial charge >= 0.3 is 0 Å². The van der Waals surface area contributed by atoms with E-state index in [1.807, 2.05) is 29.2 Å². The van der Waals surface area contributed by atoms with E-state index in [4.69, 9.17) is 9.47 Å². The van der Waals surface area contributed by atoms with E-state index in [1.54, 1.807) is 20.3 Å². The molecule has 0 bridgehead atoms. The summed E-state index contributed by atoms with van der Waals surface area (Å²) in [4.78, 5) is 22.3. The van der Waals surface area contributed by atoms with Gasteiger partial charge in [0.05, 0.1) is 26.0 Å². The average molecular weight is 569 g/mol. The molecule has 3 heterocycles. The molecule has 3 fully saturated rings. The van der Waals surface area contributed by atoms with Gasteiger partial charge in [-0.25, -0.2) is 4.39 Å². The van der Waals surface area contributed by atoms with E-state index in [9.17, 15) is 14.3 Å². The van der Waals surface area contributed by atoms with Crippen molar-refractivity contribution in [2.45, 2.75) is 50.8 Å². The van der Waals surface area contributed by atoms with Gasteiger partial charge in [0.15, 0.2) is 11.5 Å². The van der Waals surface area contributed by atoms with Crippen molar-refractivity contribution in [3.8, 4) is 11.5 Å². The van der Waals surface area contributed by atoms with E-state index in [0.29, 0.717) is 50.0 Å². The van der Waals surface area contributed by atoms with Crippen LogP contribution in [0.15, 0.2) is 42.5 Å². The van der Waals surface area contributed by atoms with Crippen LogP contribution in [0.4, 0.5) is 10.1 Å². The van der Waals surface area contributed by atoms with E-state index in [1.165, 1.54) is 6.07 Å². The molecule has 3 aliphatic rings. The van der Waals surface area contributed by atoms with Crippen molar-refractivity contribution in [2.24, 2.45) is 5.92 Å². The maximum absolute atomic E-state index is 14.4. The van der Waals surface area contributed by atoms with Gasteiger partial charge in [0.2, 0.25) is 5.91 Å². The molecule has 0 radical (unpaired) electrons. The molecule has 0 saturated carbocycles. The van der Waals surface area contributed by atoms with Crippen LogP contribution in [0.3, 0.4) is 0 Å². The van der Waals surface area contributed by atoms with E-state index in [0.717, 1.165) is 75.7 Å². The summed E-state index contributed by atoms with van der Waals surface area (Å²) < 4.78 is 25.7. The minimum Gasteiger partial charge on any atom is -0.493 e. The fourth-order valence-electron chi connectivity index (χ4n) is 6.91. The van der Waals surface area contributed by atoms with E-state index < -0.39 is 0 Å². The number of amides is 1. The Morgan fingerprint density at radius 3 is 2.39 bits per heavy atom. The van der Waals surface area contributed by atoms with Crippen molar-refractivity contribution in [2.75, 3.05) is 71.5 Å². The molecule has 41 heavy (non-hydrogen) atoms. The zero-order chi connectivity index (χ0) is 28.8. The Kier molecular flexibility index (Phi) is 10.0. The topological polar surface area (TPSA) is 68.7 Å². The van der Waals surface area contributed by atoms with Gasteiger partial charge in [-0.3, -0.25) is 14.6 Å². The summed E-state index contributed by atoms with van der Waals surface area (Å²) in [5.41, 5.74) is 1.79. The zero-order valence-corrected chi connectivity index (χ0v) is 24.5. The molecule has 224 valence electrons. The summed E-state index contributed by atoms with van der Waals surface area (Å²) in [6.07, 6.45) is 3.44. The molecule has 2 aromatic carbocycles. The number of ether oxygens (including phenoxy) is 2. The maximum Gasteiger partial charge on any atom is 0.222 e. The van der Waals surface area contributed by atoms with Gasteiger partial charge in [-0.15, -0.1) is 0 Å². The van der Waals surface area contributed by atoms with Crippen LogP contribution in [-0.4, -0.2) is 104 Å². The minimum atomic E-state index is -0.285. The summed E-state index contributed by atoms with van der Waals surface area (Å²) in [5, 5.41) is 9.86. The summed E-state index contributed by atoms with van der Waals surface area (Å²) in [6, 6.07) is 13.4. The fraction of sp³-hybridized carbons (Fsp3) is 0.594. The average Bonchev–Trinajstić information content (AvgIpc) is 3.00. The van der Waals surface area contributed by atoms with Gasteiger partial charge in [-0.2, -0.15) is 0 Å². The molecule has 2 atom stereocenters. The number of piperazine rings is 1. The molecule has 0 aliphatic carbocycles. The number of anilines is 1. The highest BCUT2D eigenvalue weighted by Crippen LogP contribution is 2.34. The van der Waals surface area contributed by atoms with Crippen LogP contribution in [0.2, 0.25) is 0 Å². The molecule has 3 aliphatic heterocycles. The Hall–Kier alpha value is -2.88. The van der Waals surface area contributed by atoms with E-state index in [-0.39, 0.29) is 17.8 Å². The van der Waals surface area contributed by atoms with Crippen molar-refractivity contribution in [3.05, 3.63) is 53.8 Å². The zero-order valence-electron chi connectivity index (χ0n) is 24.5. The highest BCUT2D eigenvalue weighted by Gasteiger charge is 2.36. The molecular weight excluding hydrogens is 523 g/mol. The number of hydrogen-bond acceptors (Lipinski definition) is 7. The number of piperidine rings is 2. The second-order valence-corrected chi connectivity index (χ2v) is 11.6. The first-order valence-electron chi connectivity index (χ1n) is 15.1. The van der Waals surface area contributed by atoms with Crippen molar-refractivity contribution in [1.29, 1.82) is 0 Å². The van der Waals surface area contributed by atoms with Crippen LogP contribution in [0.1, 0.15) is 37.7 Å². The van der Waals surface area contributed by atoms with Gasteiger partial charge < -0.3 is 24.4 Å². The largest absolute Gasteiger partial charge is 0.493 e. The lowest BCUT2D eigenvalue weighted by Gasteiger charge is -2.47. The van der Waals surface area contributed by atoms with Crippen LogP contribution in [0, 0.1) is 11.7 Å². The Balaban J connectivity index is 1.25. The smallest absolute Gasteiger partial charge is 0.222 e. The number of halogens is 1. The Morgan fingerprint density at radius 1 is 0.927 bits per heavy atom. The van der Waals surface area contributed by atoms with Crippen LogP contribution in [0.25, 0.3) is 0 Å². The Morgan fingerprint density at radius 2 is 1.68 bits per heavy atom. The summed E-state index contributed by atoms with van der Waals surface area (Å²) >= 11 is 0. The van der Waals surface area contributed by atoms with Crippen LogP contribution in [0.5, 0.6) is 11.5 Å². The number of rotatable bonds is 9. The lowest BCUT2D eigenvalue weighted by molar-refractivity contribution is -0.133. The molecule has 0 unspecified atom stereocenters. The van der Waals surface area contributed by atoms with Gasteiger partial charge in [0.25, 0.3) is 0 Å². The van der Waals surface area contributed by atoms with E-state index in [2.05, 4.69) is 20.8 Å². The number of benzene rings is 2. The van der Waals surface area contributed by atoms with Crippen LogP contribution in [-0.2, 0) is 11.3 Å². The lowest BCUT2D eigenvalue weighted by Crippen LogP contribution is -2.57. The molecule has 1 amide bonds. The number of carbonyl (C=O) groups is 1. The van der Waals surface area contributed by atoms with Crippen molar-refractivity contribution in [1.82, 2.24) is 14.7 Å². The SMILES string of the molecule is COc1cccc(CN2CC[C@H](N3CCN(c4ccccc4F)CC3)[C@H](CCC(=O)N3CCC(O)CC3)C2)c1OC. The number of hydrogen-bond donors (Lipinski definition) is 1. The first-order valence-corrected chi connectivity index (χ1v) is 15.1. The molecule has 0 spiro atoms. The van der Waals surface area contributed by atoms with Gasteiger partial charge in [0.1, 0.15) is 5.82 Å². The molecule has 2 aromatic rings. The number of aliphatic hydroxyl groups is 1. The maximum atomic E-state index is 14.4. The second-order valence-electron chi connectivity index (χ2n) is 11.6. The third kappa shape index (κ3) is 7.13. The third-order valence-corrected chi connectivity index (χ3v) is 9.18. The van der Waals surface area contributed by atoms with Crippen molar-refractivity contribution in [3.63, 3.8) is 0 Å². The first kappa shape index (κ1) is 29.6. The summed E-state index contributed by atoms with van der Waals surface area (Å²) in [7, 11) is 3.34. The van der Waals surface area contributed by atoms with Crippen LogP contribution < -0.4 is 14.4 Å². The quantitative estimate of drug-likeness (QED) is 0.496. The Bertz CT molecular complexity index is 1150. The second kappa shape index (κ2) is 13.9. The molecule has 5 rings (SSSR count). The number of carbonyl (C=O) groups excluding carboxylic acids is 1. The van der Waals surface area contributed by atoms with E-state index >= 15 is 0 Å². The molecule has 0 aromatic heterocycles. The fourth-order valence-corrected chi connectivity index (χ4v) is 6.91. The molecule has 1 N–H and O–H groups in total. The third-order valence-electron chi connectivity index (χ3n) is 9.18. The standard InChI is InChI=1S/C32H45FN4O4/c1-40-30-9-5-6-25(32(30)41-2)23-34-15-14-28(24(22-34)10-11-31(39)37-16-12-26(38)13-17-37)35-18-20-36(21-19-35)29-8-4-3-7-27(29)33/h3-9,24,26,28,38H,10-23H2,1-2H3/t24-,28+/m1/s1. The highest BCUT2D eigenvalue weighted by atomic mass is 19.1. The number of para-hydroxylation sites is 2. The van der Waals surface area contributed by atoms with Gasteiger partial charge in [0, 0.05) is 70.4 Å². The monoisotopic (exact) mass is 568 g/mol. The van der Waals surface area contributed by atoms with Crippen LogP contribution >= 0.6 is 0 Å². The number of aliphatic hydroxyl groups excluding tert-OH is 1. The summed E-state index contributed by atoms with van der Waals surface area (Å²) in [5.74, 6) is 1.90. The molecule has 9 heteroatoms. The predicted octanol–water partition coefficient (Wildman–Crippen LogP) is 3.62. The highest BCUT2D eigenvalue weighted by molar-refractivity contribution is 5.76. The summed E-state index contributed by atoms with van der Waals surface area (Å²) in [6.45, 7) is 7.30. The number of methoxy groups -OCH3 is 2. The normalized spacial score (nSPS) is 23.0. The van der Waals surface area contributed by atoms with Gasteiger partial charge in [-0.1, -0.05) is 24.3 Å². The molecular formula is C32H45FN4O4. The van der Waals surface area contributed by atoms with Gasteiger partial charge in [-0.05, 0) is 56.3 Å². The lowest BCUT2D eigenvalue weighted by atomic mass is 9.86. The minimum absolute atomic E-state index is 0.163. The van der Waals surface area contributed by atoms with Crippen molar-refractivity contribution >= 4 is 11.6 Å².